The van der Waals surface area contributed by atoms with Crippen LogP contribution in [0.1, 0.15) is 18.7 Å². The molecule has 10 heteroatoms. The van der Waals surface area contributed by atoms with Crippen LogP contribution >= 0.6 is 0 Å². The monoisotopic (exact) mass is 441 g/mol. The highest BCUT2D eigenvalue weighted by molar-refractivity contribution is 5.78. The van der Waals surface area contributed by atoms with Gasteiger partial charge in [0.25, 0.3) is 5.56 Å². The maximum absolute atomic E-state index is 13.1. The molecule has 0 amide bonds. The number of nitrogens with zero attached hydrogens (tertiary/aromatic N) is 5. The lowest BCUT2D eigenvalue weighted by atomic mass is 10.2. The Labute approximate surface area is 179 Å². The summed E-state index contributed by atoms with van der Waals surface area (Å²) in [6.45, 7) is -1.34. The average molecular weight is 441 g/mol. The van der Waals surface area contributed by atoms with Gasteiger partial charge in [-0.3, -0.25) is 13.9 Å². The van der Waals surface area contributed by atoms with Gasteiger partial charge in [0.2, 0.25) is 0 Å². The first-order chi connectivity index (χ1) is 15.3. The van der Waals surface area contributed by atoms with Crippen LogP contribution in [0.4, 0.5) is 13.2 Å². The van der Waals surface area contributed by atoms with Crippen LogP contribution in [-0.4, -0.2) is 24.9 Å². The van der Waals surface area contributed by atoms with Crippen molar-refractivity contribution in [1.82, 2.24) is 18.7 Å². The van der Waals surface area contributed by atoms with E-state index in [4.69, 9.17) is 5.26 Å². The summed E-state index contributed by atoms with van der Waals surface area (Å²) in [7, 11) is 0. The highest BCUT2D eigenvalue weighted by Gasteiger charge is 2.31. The number of hydrogen-bond donors (Lipinski definition) is 0. The zero-order valence-corrected chi connectivity index (χ0v) is 16.8. The molecule has 0 atom stereocenters. The molecule has 32 heavy (non-hydrogen) atoms. The van der Waals surface area contributed by atoms with Gasteiger partial charge in [-0.2, -0.15) is 18.4 Å². The van der Waals surface area contributed by atoms with E-state index in [0.29, 0.717) is 30.7 Å². The van der Waals surface area contributed by atoms with Gasteiger partial charge < -0.3 is 4.57 Å². The van der Waals surface area contributed by atoms with Gasteiger partial charge in [0, 0.05) is 13.0 Å². The lowest BCUT2D eigenvalue weighted by Crippen LogP contribution is -2.43. The molecule has 0 saturated heterocycles. The van der Waals surface area contributed by atoms with Crippen molar-refractivity contribution >= 4 is 21.9 Å². The molecule has 7 nitrogen and oxygen atoms in total. The highest BCUT2D eigenvalue weighted by atomic mass is 19.4. The van der Waals surface area contributed by atoms with Crippen molar-refractivity contribution in [2.24, 2.45) is 0 Å². The second kappa shape index (κ2) is 8.34. The summed E-state index contributed by atoms with van der Waals surface area (Å²) >= 11 is 0. The van der Waals surface area contributed by atoms with E-state index < -0.39 is 24.0 Å². The van der Waals surface area contributed by atoms with E-state index in [1.165, 1.54) is 18.2 Å². The number of halogens is 3. The molecule has 0 spiro atoms. The third-order valence-electron chi connectivity index (χ3n) is 5.17. The average Bonchev–Trinajstić information content (AvgIpc) is 3.11. The van der Waals surface area contributed by atoms with Gasteiger partial charge in [0.15, 0.2) is 0 Å². The Morgan fingerprint density at radius 2 is 1.62 bits per heavy atom. The van der Waals surface area contributed by atoms with E-state index in [-0.39, 0.29) is 22.0 Å². The minimum Gasteiger partial charge on any atom is -0.326 e. The molecule has 0 aliphatic carbocycles. The smallest absolute Gasteiger partial charge is 0.326 e. The van der Waals surface area contributed by atoms with Gasteiger partial charge in [-0.05, 0) is 30.7 Å². The number of nitriles is 1. The zero-order chi connectivity index (χ0) is 22.9. The number of rotatable bonds is 6. The Morgan fingerprint density at radius 3 is 2.34 bits per heavy atom. The molecule has 0 aliphatic rings. The summed E-state index contributed by atoms with van der Waals surface area (Å²) in [6.07, 6.45) is -3.86. The molecule has 2 heterocycles. The van der Waals surface area contributed by atoms with E-state index in [1.807, 2.05) is 22.8 Å². The molecular weight excluding hydrogens is 423 g/mol. The van der Waals surface area contributed by atoms with Crippen molar-refractivity contribution < 1.29 is 13.2 Å². The van der Waals surface area contributed by atoms with E-state index in [1.54, 1.807) is 12.1 Å². The molecule has 0 N–H and O–H groups in total. The molecule has 0 radical (unpaired) electrons. The molecule has 0 bridgehead atoms. The van der Waals surface area contributed by atoms with Crippen LogP contribution in [0, 0.1) is 11.3 Å². The van der Waals surface area contributed by atoms with Crippen LogP contribution in [0.25, 0.3) is 21.9 Å². The van der Waals surface area contributed by atoms with Crippen molar-refractivity contribution in [3.8, 4) is 6.07 Å². The normalized spacial score (nSPS) is 11.8. The first-order valence-corrected chi connectivity index (χ1v) is 9.90. The topological polar surface area (TPSA) is 85.6 Å². The van der Waals surface area contributed by atoms with Crippen molar-refractivity contribution in [1.29, 1.82) is 5.26 Å². The Hall–Kier alpha value is -3.87. The Kier molecular flexibility index (Phi) is 5.57. The van der Waals surface area contributed by atoms with Gasteiger partial charge in [-0.1, -0.05) is 24.3 Å². The first-order valence-electron chi connectivity index (χ1n) is 9.90. The van der Waals surface area contributed by atoms with Crippen molar-refractivity contribution in [2.45, 2.75) is 38.7 Å². The van der Waals surface area contributed by atoms with Crippen LogP contribution in [0.3, 0.4) is 0 Å². The van der Waals surface area contributed by atoms with Crippen molar-refractivity contribution in [3.05, 3.63) is 75.2 Å². The number of aryl methyl sites for hydroxylation is 1. The van der Waals surface area contributed by atoms with Crippen LogP contribution in [0.5, 0.6) is 0 Å². The van der Waals surface area contributed by atoms with E-state index in [9.17, 15) is 22.8 Å². The summed E-state index contributed by atoms with van der Waals surface area (Å²) in [5.74, 6) is 0.452. The number of aromatic nitrogens is 4. The van der Waals surface area contributed by atoms with Crippen LogP contribution in [0.15, 0.2) is 58.1 Å². The van der Waals surface area contributed by atoms with Crippen LogP contribution in [-0.2, 0) is 19.6 Å². The SMILES string of the molecule is N#CCCCn1c(Cn2c(=O)n(CC(F)(F)F)c(=O)c3ccccc32)nc2ccccc21. The number of hydrogen-bond acceptors (Lipinski definition) is 4. The third kappa shape index (κ3) is 4.01. The van der Waals surface area contributed by atoms with Crippen molar-refractivity contribution in [3.63, 3.8) is 0 Å². The minimum absolute atomic E-state index is 0.0171. The highest BCUT2D eigenvalue weighted by Crippen LogP contribution is 2.20. The van der Waals surface area contributed by atoms with Gasteiger partial charge in [-0.15, -0.1) is 0 Å². The Bertz CT molecular complexity index is 1460. The third-order valence-corrected chi connectivity index (χ3v) is 5.17. The maximum Gasteiger partial charge on any atom is 0.406 e. The van der Waals surface area contributed by atoms with Crippen LogP contribution < -0.4 is 11.2 Å². The second-order valence-corrected chi connectivity index (χ2v) is 7.32. The number of alkyl halides is 3. The molecule has 4 aromatic rings. The lowest BCUT2D eigenvalue weighted by molar-refractivity contribution is -0.141. The zero-order valence-electron chi connectivity index (χ0n) is 16.8. The summed E-state index contributed by atoms with van der Waals surface area (Å²) in [4.78, 5) is 30.2. The quantitative estimate of drug-likeness (QED) is 0.429. The van der Waals surface area contributed by atoms with Gasteiger partial charge in [-0.25, -0.2) is 9.78 Å². The Morgan fingerprint density at radius 1 is 0.938 bits per heavy atom. The molecule has 2 aromatic carbocycles. The van der Waals surface area contributed by atoms with Gasteiger partial charge in [0.05, 0.1) is 34.6 Å². The predicted octanol–water partition coefficient (Wildman–Crippen LogP) is 3.43. The lowest BCUT2D eigenvalue weighted by Gasteiger charge is -2.16. The summed E-state index contributed by atoms with van der Waals surface area (Å²) in [5.41, 5.74) is -0.346. The molecular formula is C22H18F3N5O2. The molecule has 0 aliphatic heterocycles. The maximum atomic E-state index is 13.1. The fourth-order valence-electron chi connectivity index (χ4n) is 3.80. The molecule has 0 fully saturated rings. The summed E-state index contributed by atoms with van der Waals surface area (Å²) < 4.78 is 42.5. The Balaban J connectivity index is 1.91. The standard InChI is InChI=1S/C22H18F3N5O2/c23-22(24,25)14-30-20(31)15-7-1-3-9-17(15)29(21(30)32)13-19-27-16-8-2-4-10-18(16)28(19)12-6-5-11-26/h1-4,7-10H,5-6,12-14H2. The van der Waals surface area contributed by atoms with Crippen molar-refractivity contribution in [2.75, 3.05) is 0 Å². The molecule has 2 aromatic heterocycles. The number of fused-ring (bicyclic) bond motifs is 2. The predicted molar refractivity (Wildman–Crippen MR) is 112 cm³/mol. The van der Waals surface area contributed by atoms with E-state index >= 15 is 0 Å². The number of unbranched alkanes of at least 4 members (excludes halogenated alkanes) is 1. The first kappa shape index (κ1) is 21.4. The number of para-hydroxylation sites is 3. The fourth-order valence-corrected chi connectivity index (χ4v) is 3.80. The molecule has 164 valence electrons. The molecule has 0 unspecified atom stereocenters. The largest absolute Gasteiger partial charge is 0.406 e. The number of benzene rings is 2. The summed E-state index contributed by atoms with van der Waals surface area (Å²) in [6, 6.07) is 15.4. The fraction of sp³-hybridized carbons (Fsp3) is 0.273. The molecule has 0 saturated carbocycles. The number of imidazole rings is 1. The minimum atomic E-state index is -4.73. The van der Waals surface area contributed by atoms with Gasteiger partial charge in [0.1, 0.15) is 12.4 Å². The molecule has 4 rings (SSSR count). The van der Waals surface area contributed by atoms with Gasteiger partial charge >= 0.3 is 11.9 Å². The van der Waals surface area contributed by atoms with Crippen LogP contribution in [0.2, 0.25) is 0 Å². The second-order valence-electron chi connectivity index (χ2n) is 7.32. The van der Waals surface area contributed by atoms with E-state index in [2.05, 4.69) is 11.1 Å². The summed E-state index contributed by atoms with van der Waals surface area (Å²) in [5, 5.41) is 8.89. The van der Waals surface area contributed by atoms with E-state index in [0.717, 1.165) is 10.1 Å².